The Morgan fingerprint density at radius 2 is 1.35 bits per heavy atom. The number of rotatable bonds is 3. The summed E-state index contributed by atoms with van der Waals surface area (Å²) in [5.74, 6) is 0.944. The van der Waals surface area contributed by atoms with Crippen LogP contribution in [-0.4, -0.2) is 12.0 Å². The van der Waals surface area contributed by atoms with Crippen LogP contribution in [0.3, 0.4) is 0 Å². The number of anilines is 2. The first kappa shape index (κ1) is 12.4. The Morgan fingerprint density at radius 3 is 2.00 bits per heavy atom. The van der Waals surface area contributed by atoms with Crippen LogP contribution in [0.1, 0.15) is 0 Å². The van der Waals surface area contributed by atoms with E-state index in [1.807, 2.05) is 37.5 Å². The molecule has 20 heavy (non-hydrogen) atoms. The summed E-state index contributed by atoms with van der Waals surface area (Å²) in [7, 11) is 2.03. The highest BCUT2D eigenvalue weighted by molar-refractivity contribution is 5.68. The summed E-state index contributed by atoms with van der Waals surface area (Å²) in [6, 6.07) is 24.9. The third-order valence-corrected chi connectivity index (χ3v) is 3.35. The Kier molecular flexibility index (Phi) is 3.46. The zero-order valence-corrected chi connectivity index (χ0v) is 11.4. The smallest absolute Gasteiger partial charge is 0.132 e. The van der Waals surface area contributed by atoms with Crippen molar-refractivity contribution in [1.29, 1.82) is 0 Å². The van der Waals surface area contributed by atoms with Gasteiger partial charge in [0.25, 0.3) is 0 Å². The van der Waals surface area contributed by atoms with Gasteiger partial charge in [0.15, 0.2) is 0 Å². The molecule has 0 radical (unpaired) electrons. The molecule has 0 saturated heterocycles. The van der Waals surface area contributed by atoms with Crippen LogP contribution in [0.2, 0.25) is 0 Å². The van der Waals surface area contributed by atoms with Gasteiger partial charge in [0.1, 0.15) is 5.82 Å². The van der Waals surface area contributed by atoms with Crippen LogP contribution in [0, 0.1) is 0 Å². The Labute approximate surface area is 119 Å². The van der Waals surface area contributed by atoms with Gasteiger partial charge in [-0.2, -0.15) is 0 Å². The first-order valence-corrected chi connectivity index (χ1v) is 6.65. The van der Waals surface area contributed by atoms with Gasteiger partial charge in [-0.15, -0.1) is 0 Å². The number of aromatic nitrogens is 1. The summed E-state index contributed by atoms with van der Waals surface area (Å²) >= 11 is 0. The maximum Gasteiger partial charge on any atom is 0.132 e. The van der Waals surface area contributed by atoms with Gasteiger partial charge in [-0.1, -0.05) is 48.5 Å². The van der Waals surface area contributed by atoms with Crippen molar-refractivity contribution < 1.29 is 0 Å². The molecular formula is C18H16N2. The second-order valence-corrected chi connectivity index (χ2v) is 4.66. The van der Waals surface area contributed by atoms with Crippen molar-refractivity contribution in [3.63, 3.8) is 0 Å². The fourth-order valence-corrected chi connectivity index (χ4v) is 2.19. The van der Waals surface area contributed by atoms with E-state index in [4.69, 9.17) is 0 Å². The molecule has 0 aliphatic heterocycles. The molecule has 0 amide bonds. The number of hydrogen-bond donors (Lipinski definition) is 0. The van der Waals surface area contributed by atoms with Crippen LogP contribution in [0.15, 0.2) is 79.0 Å². The van der Waals surface area contributed by atoms with E-state index >= 15 is 0 Å². The molecule has 2 nitrogen and oxygen atoms in total. The highest BCUT2D eigenvalue weighted by atomic mass is 15.2. The van der Waals surface area contributed by atoms with Gasteiger partial charge in [-0.3, -0.25) is 0 Å². The van der Waals surface area contributed by atoms with Gasteiger partial charge >= 0.3 is 0 Å². The molecule has 0 saturated carbocycles. The Balaban J connectivity index is 1.87. The Hall–Kier alpha value is -2.61. The molecule has 0 aliphatic rings. The highest BCUT2D eigenvalue weighted by Crippen LogP contribution is 2.25. The lowest BCUT2D eigenvalue weighted by molar-refractivity contribution is 1.13. The standard InChI is InChI=1S/C18H16N2/c1-20(18-9-5-6-14-19-18)17-12-10-16(11-13-17)15-7-3-2-4-8-15/h2-14H,1H3. The second kappa shape index (κ2) is 5.57. The van der Waals surface area contributed by atoms with Crippen LogP contribution >= 0.6 is 0 Å². The van der Waals surface area contributed by atoms with Gasteiger partial charge in [-0.25, -0.2) is 4.98 Å². The molecule has 0 bridgehead atoms. The van der Waals surface area contributed by atoms with Crippen LogP contribution in [0.25, 0.3) is 11.1 Å². The summed E-state index contributed by atoms with van der Waals surface area (Å²) in [4.78, 5) is 6.44. The van der Waals surface area contributed by atoms with Gasteiger partial charge in [-0.05, 0) is 35.4 Å². The fraction of sp³-hybridized carbons (Fsp3) is 0.0556. The number of nitrogens with zero attached hydrogens (tertiary/aromatic N) is 2. The Bertz CT molecular complexity index is 661. The average Bonchev–Trinajstić information content (AvgIpc) is 2.56. The van der Waals surface area contributed by atoms with E-state index < -0.39 is 0 Å². The van der Waals surface area contributed by atoms with Crippen LogP contribution in [-0.2, 0) is 0 Å². The van der Waals surface area contributed by atoms with Crippen molar-refractivity contribution in [2.75, 3.05) is 11.9 Å². The van der Waals surface area contributed by atoms with Crippen LogP contribution in [0.5, 0.6) is 0 Å². The number of hydrogen-bond acceptors (Lipinski definition) is 2. The van der Waals surface area contributed by atoms with Gasteiger partial charge in [0.2, 0.25) is 0 Å². The quantitative estimate of drug-likeness (QED) is 0.688. The lowest BCUT2D eigenvalue weighted by Gasteiger charge is -2.18. The monoisotopic (exact) mass is 260 g/mol. The average molecular weight is 260 g/mol. The fourth-order valence-electron chi connectivity index (χ4n) is 2.19. The maximum absolute atomic E-state index is 4.36. The second-order valence-electron chi connectivity index (χ2n) is 4.66. The van der Waals surface area contributed by atoms with E-state index in [0.29, 0.717) is 0 Å². The van der Waals surface area contributed by atoms with Crippen LogP contribution in [0.4, 0.5) is 11.5 Å². The van der Waals surface area contributed by atoms with E-state index in [1.54, 1.807) is 0 Å². The highest BCUT2D eigenvalue weighted by Gasteiger charge is 2.04. The molecule has 2 aromatic carbocycles. The van der Waals surface area contributed by atoms with Gasteiger partial charge in [0.05, 0.1) is 0 Å². The summed E-state index contributed by atoms with van der Waals surface area (Å²) < 4.78 is 0. The number of benzene rings is 2. The third kappa shape index (κ3) is 2.54. The van der Waals surface area contributed by atoms with Crippen molar-refractivity contribution in [2.45, 2.75) is 0 Å². The summed E-state index contributed by atoms with van der Waals surface area (Å²) in [5.41, 5.74) is 3.59. The predicted octanol–water partition coefficient (Wildman–Crippen LogP) is 4.52. The molecule has 3 rings (SSSR count). The first-order chi connectivity index (χ1) is 9.84. The van der Waals surface area contributed by atoms with E-state index in [0.717, 1.165) is 11.5 Å². The van der Waals surface area contributed by atoms with Gasteiger partial charge < -0.3 is 4.90 Å². The predicted molar refractivity (Wildman–Crippen MR) is 84.2 cm³/mol. The summed E-state index contributed by atoms with van der Waals surface area (Å²) in [6.07, 6.45) is 1.81. The van der Waals surface area contributed by atoms with E-state index in [9.17, 15) is 0 Å². The van der Waals surface area contributed by atoms with Crippen molar-refractivity contribution in [3.8, 4) is 11.1 Å². The lowest BCUT2D eigenvalue weighted by atomic mass is 10.1. The molecule has 0 atom stereocenters. The molecule has 0 N–H and O–H groups in total. The van der Waals surface area contributed by atoms with Gasteiger partial charge in [0, 0.05) is 18.9 Å². The third-order valence-electron chi connectivity index (χ3n) is 3.35. The van der Waals surface area contributed by atoms with Crippen molar-refractivity contribution >= 4 is 11.5 Å². The number of pyridine rings is 1. The zero-order chi connectivity index (χ0) is 13.8. The zero-order valence-electron chi connectivity index (χ0n) is 11.4. The topological polar surface area (TPSA) is 16.1 Å². The van der Waals surface area contributed by atoms with Crippen molar-refractivity contribution in [2.24, 2.45) is 0 Å². The Morgan fingerprint density at radius 1 is 0.700 bits per heavy atom. The van der Waals surface area contributed by atoms with E-state index in [1.165, 1.54) is 11.1 Å². The summed E-state index contributed by atoms with van der Waals surface area (Å²) in [6.45, 7) is 0. The SMILES string of the molecule is CN(c1ccc(-c2ccccc2)cc1)c1ccccn1. The minimum absolute atomic E-state index is 0.944. The molecule has 3 aromatic rings. The molecule has 2 heteroatoms. The molecule has 98 valence electrons. The largest absolute Gasteiger partial charge is 0.329 e. The molecule has 0 aliphatic carbocycles. The van der Waals surface area contributed by atoms with Crippen LogP contribution < -0.4 is 4.90 Å². The minimum Gasteiger partial charge on any atom is -0.329 e. The lowest BCUT2D eigenvalue weighted by Crippen LogP contribution is -2.10. The minimum atomic E-state index is 0.944. The molecule has 0 spiro atoms. The summed E-state index contributed by atoms with van der Waals surface area (Å²) in [5, 5.41) is 0. The molecular weight excluding hydrogens is 244 g/mol. The van der Waals surface area contributed by atoms with E-state index in [2.05, 4.69) is 58.4 Å². The molecule has 0 unspecified atom stereocenters. The molecule has 0 fully saturated rings. The van der Waals surface area contributed by atoms with Crippen molar-refractivity contribution in [3.05, 3.63) is 79.0 Å². The van der Waals surface area contributed by atoms with E-state index in [-0.39, 0.29) is 0 Å². The molecule has 1 heterocycles. The maximum atomic E-state index is 4.36. The first-order valence-electron chi connectivity index (χ1n) is 6.65. The van der Waals surface area contributed by atoms with Crippen molar-refractivity contribution in [1.82, 2.24) is 4.98 Å². The molecule has 1 aromatic heterocycles. The normalized spacial score (nSPS) is 10.2.